The number of hydrogen-bond donors (Lipinski definition) is 1. The van der Waals surface area contributed by atoms with Gasteiger partial charge in [0.25, 0.3) is 5.91 Å². The fraction of sp³-hybridized carbons (Fsp3) is 0.188. The lowest BCUT2D eigenvalue weighted by Gasteiger charge is -2.09. The topological polar surface area (TPSA) is 86.5 Å². The van der Waals surface area contributed by atoms with Crippen molar-refractivity contribution in [1.82, 2.24) is 15.5 Å². The summed E-state index contributed by atoms with van der Waals surface area (Å²) in [4.78, 5) is 17.5. The van der Waals surface area contributed by atoms with E-state index in [1.54, 1.807) is 18.2 Å². The number of thiophene rings is 1. The van der Waals surface area contributed by atoms with Gasteiger partial charge in [-0.15, -0.1) is 11.3 Å². The number of ether oxygens (including phenoxy) is 2. The standard InChI is InChI=1S/C16H15N3O4S/c1-21-10-5-6-12(22-2)11(8-10)16(20)17-9-14-18-15(19-23-14)13-4-3-7-24-13/h3-8H,9H2,1-2H3,(H,17,20). The summed E-state index contributed by atoms with van der Waals surface area (Å²) < 4.78 is 15.5. The average molecular weight is 345 g/mol. The zero-order valence-corrected chi connectivity index (χ0v) is 13.9. The molecule has 0 saturated carbocycles. The molecule has 2 heterocycles. The summed E-state index contributed by atoms with van der Waals surface area (Å²) >= 11 is 1.52. The summed E-state index contributed by atoms with van der Waals surface area (Å²) in [5.74, 6) is 1.54. The highest BCUT2D eigenvalue weighted by atomic mass is 32.1. The highest BCUT2D eigenvalue weighted by Crippen LogP contribution is 2.24. The van der Waals surface area contributed by atoms with Crippen molar-refractivity contribution in [2.24, 2.45) is 0 Å². The fourth-order valence-corrected chi connectivity index (χ4v) is 2.72. The number of methoxy groups -OCH3 is 2. The minimum absolute atomic E-state index is 0.123. The third-order valence-electron chi connectivity index (χ3n) is 3.26. The van der Waals surface area contributed by atoms with Crippen LogP contribution in [-0.4, -0.2) is 30.3 Å². The minimum Gasteiger partial charge on any atom is -0.497 e. The Morgan fingerprint density at radius 3 is 2.88 bits per heavy atom. The molecule has 0 fully saturated rings. The number of hydrogen-bond acceptors (Lipinski definition) is 7. The Labute approximate surface area is 142 Å². The van der Waals surface area contributed by atoms with Gasteiger partial charge >= 0.3 is 0 Å². The highest BCUT2D eigenvalue weighted by molar-refractivity contribution is 7.13. The number of nitrogens with one attached hydrogen (secondary N) is 1. The molecular formula is C16H15N3O4S. The van der Waals surface area contributed by atoms with Crippen LogP contribution in [0.5, 0.6) is 11.5 Å². The van der Waals surface area contributed by atoms with E-state index >= 15 is 0 Å². The summed E-state index contributed by atoms with van der Waals surface area (Å²) in [6, 6.07) is 8.82. The molecule has 0 aliphatic rings. The van der Waals surface area contributed by atoms with Crippen molar-refractivity contribution < 1.29 is 18.8 Å². The minimum atomic E-state index is -0.318. The van der Waals surface area contributed by atoms with Crippen LogP contribution in [-0.2, 0) is 6.54 Å². The Bertz CT molecular complexity index is 830. The molecule has 7 nitrogen and oxygen atoms in total. The van der Waals surface area contributed by atoms with Crippen LogP contribution in [0.15, 0.2) is 40.2 Å². The Morgan fingerprint density at radius 1 is 1.29 bits per heavy atom. The molecule has 3 rings (SSSR count). The Hall–Kier alpha value is -2.87. The SMILES string of the molecule is COc1ccc(OC)c(C(=O)NCc2nc(-c3cccs3)no2)c1. The maximum absolute atomic E-state index is 12.4. The Morgan fingerprint density at radius 2 is 2.17 bits per heavy atom. The molecular weight excluding hydrogens is 330 g/mol. The molecule has 8 heteroatoms. The molecule has 1 aromatic carbocycles. The summed E-state index contributed by atoms with van der Waals surface area (Å²) in [7, 11) is 3.04. The number of nitrogens with zero attached hydrogens (tertiary/aromatic N) is 2. The zero-order valence-electron chi connectivity index (χ0n) is 13.1. The molecule has 3 aromatic rings. The van der Waals surface area contributed by atoms with Gasteiger partial charge < -0.3 is 19.3 Å². The van der Waals surface area contributed by atoms with Gasteiger partial charge in [-0.2, -0.15) is 4.98 Å². The zero-order chi connectivity index (χ0) is 16.9. The predicted octanol–water partition coefficient (Wildman–Crippen LogP) is 2.75. The van der Waals surface area contributed by atoms with Gasteiger partial charge in [0.2, 0.25) is 11.7 Å². The maximum Gasteiger partial charge on any atom is 0.255 e. The van der Waals surface area contributed by atoms with Crippen molar-refractivity contribution in [3.05, 3.63) is 47.2 Å². The molecule has 1 N–H and O–H groups in total. The van der Waals surface area contributed by atoms with E-state index in [0.29, 0.717) is 28.8 Å². The molecule has 0 saturated heterocycles. The van der Waals surface area contributed by atoms with Gasteiger partial charge in [-0.05, 0) is 29.6 Å². The van der Waals surface area contributed by atoms with Crippen molar-refractivity contribution in [2.45, 2.75) is 6.54 Å². The van der Waals surface area contributed by atoms with Crippen LogP contribution in [0.3, 0.4) is 0 Å². The Kier molecular flexibility index (Phi) is 4.76. The van der Waals surface area contributed by atoms with E-state index in [1.807, 2.05) is 17.5 Å². The lowest BCUT2D eigenvalue weighted by atomic mass is 10.1. The summed E-state index contributed by atoms with van der Waals surface area (Å²) in [6.45, 7) is 0.123. The van der Waals surface area contributed by atoms with Crippen molar-refractivity contribution in [1.29, 1.82) is 0 Å². The summed E-state index contributed by atoms with van der Waals surface area (Å²) in [6.07, 6.45) is 0. The van der Waals surface area contributed by atoms with Crippen LogP contribution in [0.1, 0.15) is 16.2 Å². The number of carbonyl (C=O) groups is 1. The van der Waals surface area contributed by atoms with E-state index in [4.69, 9.17) is 14.0 Å². The third kappa shape index (κ3) is 3.38. The van der Waals surface area contributed by atoms with Gasteiger partial charge in [0, 0.05) is 0 Å². The summed E-state index contributed by atoms with van der Waals surface area (Å²) in [5.41, 5.74) is 0.370. The van der Waals surface area contributed by atoms with Gasteiger partial charge in [0.1, 0.15) is 11.5 Å². The van der Waals surface area contributed by atoms with E-state index in [2.05, 4.69) is 15.5 Å². The van der Waals surface area contributed by atoms with Gasteiger partial charge in [-0.3, -0.25) is 4.79 Å². The number of carbonyl (C=O) groups excluding carboxylic acids is 1. The molecule has 124 valence electrons. The third-order valence-corrected chi connectivity index (χ3v) is 4.13. The van der Waals surface area contributed by atoms with Gasteiger partial charge in [-0.1, -0.05) is 11.2 Å². The van der Waals surface area contributed by atoms with E-state index < -0.39 is 0 Å². The van der Waals surface area contributed by atoms with Crippen molar-refractivity contribution in [3.63, 3.8) is 0 Å². The second-order valence-corrected chi connectivity index (χ2v) is 5.69. The monoisotopic (exact) mass is 345 g/mol. The van der Waals surface area contributed by atoms with Gasteiger partial charge in [0.15, 0.2) is 0 Å². The molecule has 0 spiro atoms. The van der Waals surface area contributed by atoms with Gasteiger partial charge in [-0.25, -0.2) is 0 Å². The van der Waals surface area contributed by atoms with Crippen LogP contribution in [0, 0.1) is 0 Å². The molecule has 0 radical (unpaired) electrons. The predicted molar refractivity (Wildman–Crippen MR) is 88.3 cm³/mol. The second kappa shape index (κ2) is 7.14. The molecule has 1 amide bonds. The van der Waals surface area contributed by atoms with Crippen LogP contribution in [0.2, 0.25) is 0 Å². The average Bonchev–Trinajstić information content (AvgIpc) is 3.30. The second-order valence-electron chi connectivity index (χ2n) is 4.74. The smallest absolute Gasteiger partial charge is 0.255 e. The number of rotatable bonds is 6. The number of aromatic nitrogens is 2. The van der Waals surface area contributed by atoms with E-state index in [0.717, 1.165) is 4.88 Å². The molecule has 0 unspecified atom stereocenters. The first-order valence-electron chi connectivity index (χ1n) is 7.08. The molecule has 0 aliphatic carbocycles. The van der Waals surface area contributed by atoms with Crippen LogP contribution in [0.25, 0.3) is 10.7 Å². The van der Waals surface area contributed by atoms with E-state index in [1.165, 1.54) is 25.6 Å². The lowest BCUT2D eigenvalue weighted by Crippen LogP contribution is -2.23. The van der Waals surface area contributed by atoms with Crippen molar-refractivity contribution >= 4 is 17.2 Å². The fourth-order valence-electron chi connectivity index (χ4n) is 2.08. The van der Waals surface area contributed by atoms with Crippen LogP contribution < -0.4 is 14.8 Å². The number of amides is 1. The molecule has 0 bridgehead atoms. The molecule has 2 aromatic heterocycles. The highest BCUT2D eigenvalue weighted by Gasteiger charge is 2.15. The number of benzene rings is 1. The maximum atomic E-state index is 12.4. The van der Waals surface area contributed by atoms with Gasteiger partial charge in [0.05, 0.1) is 31.2 Å². The first kappa shape index (κ1) is 16.0. The first-order valence-corrected chi connectivity index (χ1v) is 7.96. The quantitative estimate of drug-likeness (QED) is 0.739. The van der Waals surface area contributed by atoms with Crippen molar-refractivity contribution in [3.8, 4) is 22.2 Å². The normalized spacial score (nSPS) is 10.4. The molecule has 0 atom stereocenters. The van der Waals surface area contributed by atoms with E-state index in [9.17, 15) is 4.79 Å². The largest absolute Gasteiger partial charge is 0.497 e. The lowest BCUT2D eigenvalue weighted by molar-refractivity contribution is 0.0943. The Balaban J connectivity index is 1.70. The van der Waals surface area contributed by atoms with E-state index in [-0.39, 0.29) is 12.5 Å². The van der Waals surface area contributed by atoms with Crippen LogP contribution >= 0.6 is 11.3 Å². The summed E-state index contributed by atoms with van der Waals surface area (Å²) in [5, 5.41) is 8.56. The van der Waals surface area contributed by atoms with Crippen molar-refractivity contribution in [2.75, 3.05) is 14.2 Å². The first-order chi connectivity index (χ1) is 11.7. The van der Waals surface area contributed by atoms with Crippen LogP contribution in [0.4, 0.5) is 0 Å². The molecule has 0 aliphatic heterocycles. The molecule has 24 heavy (non-hydrogen) atoms.